The first-order valence-electron chi connectivity index (χ1n) is 12.7. The fourth-order valence-corrected chi connectivity index (χ4v) is 5.53. The minimum atomic E-state index is -0.539. The van der Waals surface area contributed by atoms with Crippen LogP contribution in [0.4, 0.5) is 5.69 Å². The second kappa shape index (κ2) is 12.9. The number of phenols is 1. The fourth-order valence-electron chi connectivity index (χ4n) is 4.20. The number of amides is 1. The standard InChI is InChI=1S/C30H27BrN6O3S/c1-19(29(39)35-33-17-21-15-22(31)16-26(40-2)28(21)38)41-30-36-34-27(37(30)23-11-4-3-5-12-23)18-32-25-14-8-10-20-9-6-7-13-24(20)25/h3-17,19,32,38H,18H2,1-2H3,(H,35,39). The van der Waals surface area contributed by atoms with Crippen molar-refractivity contribution in [3.63, 3.8) is 0 Å². The minimum absolute atomic E-state index is 0.0725. The summed E-state index contributed by atoms with van der Waals surface area (Å²) >= 11 is 4.64. The Kier molecular flexibility index (Phi) is 8.85. The summed E-state index contributed by atoms with van der Waals surface area (Å²) < 4.78 is 7.81. The summed E-state index contributed by atoms with van der Waals surface area (Å²) in [6.45, 7) is 2.20. The normalized spacial score (nSPS) is 12.0. The van der Waals surface area contributed by atoms with Crippen LogP contribution >= 0.6 is 27.7 Å². The van der Waals surface area contributed by atoms with Gasteiger partial charge in [0.2, 0.25) is 0 Å². The summed E-state index contributed by atoms with van der Waals surface area (Å²) in [4.78, 5) is 12.9. The molecule has 1 aromatic heterocycles. The molecule has 11 heteroatoms. The number of aromatic nitrogens is 3. The predicted octanol–water partition coefficient (Wildman–Crippen LogP) is 6.14. The number of hydrogen-bond acceptors (Lipinski definition) is 8. The quantitative estimate of drug-likeness (QED) is 0.0964. The number of hydrazone groups is 1. The van der Waals surface area contributed by atoms with Crippen molar-refractivity contribution >= 4 is 56.3 Å². The van der Waals surface area contributed by atoms with E-state index in [-0.39, 0.29) is 11.7 Å². The molecule has 0 aliphatic rings. The van der Waals surface area contributed by atoms with Crippen molar-refractivity contribution in [3.8, 4) is 17.2 Å². The average molecular weight is 632 g/mol. The number of fused-ring (bicyclic) bond motifs is 1. The highest BCUT2D eigenvalue weighted by atomic mass is 79.9. The number of halogens is 1. The van der Waals surface area contributed by atoms with Gasteiger partial charge < -0.3 is 15.2 Å². The first-order valence-corrected chi connectivity index (χ1v) is 14.4. The molecule has 3 N–H and O–H groups in total. The molecule has 1 unspecified atom stereocenters. The van der Waals surface area contributed by atoms with Gasteiger partial charge in [-0.15, -0.1) is 10.2 Å². The second-order valence-electron chi connectivity index (χ2n) is 8.99. The van der Waals surface area contributed by atoms with Gasteiger partial charge in [0.15, 0.2) is 22.5 Å². The van der Waals surface area contributed by atoms with Crippen LogP contribution in [-0.2, 0) is 11.3 Å². The molecule has 9 nitrogen and oxygen atoms in total. The van der Waals surface area contributed by atoms with Crippen molar-refractivity contribution in [2.75, 3.05) is 12.4 Å². The Morgan fingerprint density at radius 3 is 2.66 bits per heavy atom. The van der Waals surface area contributed by atoms with E-state index >= 15 is 0 Å². The van der Waals surface area contributed by atoms with Gasteiger partial charge in [-0.3, -0.25) is 9.36 Å². The lowest BCUT2D eigenvalue weighted by Crippen LogP contribution is -2.27. The van der Waals surface area contributed by atoms with Gasteiger partial charge >= 0.3 is 0 Å². The lowest BCUT2D eigenvalue weighted by atomic mass is 10.1. The molecule has 0 aliphatic carbocycles. The van der Waals surface area contributed by atoms with Crippen molar-refractivity contribution in [2.45, 2.75) is 23.9 Å². The first-order chi connectivity index (χ1) is 19.9. The molecular weight excluding hydrogens is 604 g/mol. The molecule has 0 radical (unpaired) electrons. The van der Waals surface area contributed by atoms with Gasteiger partial charge in [0.1, 0.15) is 0 Å². The summed E-state index contributed by atoms with van der Waals surface area (Å²) in [6.07, 6.45) is 1.36. The minimum Gasteiger partial charge on any atom is -0.504 e. The molecule has 0 fully saturated rings. The molecule has 1 heterocycles. The zero-order valence-electron chi connectivity index (χ0n) is 22.3. The van der Waals surface area contributed by atoms with Crippen LogP contribution in [0.3, 0.4) is 0 Å². The maximum absolute atomic E-state index is 12.9. The number of benzene rings is 4. The highest BCUT2D eigenvalue weighted by molar-refractivity contribution is 9.10. The fraction of sp³-hybridized carbons (Fsp3) is 0.133. The molecule has 0 aliphatic heterocycles. The maximum Gasteiger partial charge on any atom is 0.253 e. The molecule has 1 atom stereocenters. The number of rotatable bonds is 10. The van der Waals surface area contributed by atoms with Crippen molar-refractivity contribution in [1.82, 2.24) is 20.2 Å². The molecule has 0 saturated heterocycles. The van der Waals surface area contributed by atoms with Crippen molar-refractivity contribution in [2.24, 2.45) is 5.10 Å². The van der Waals surface area contributed by atoms with Crippen LogP contribution in [0.25, 0.3) is 16.5 Å². The van der Waals surface area contributed by atoms with Crippen LogP contribution in [-0.4, -0.2) is 44.4 Å². The Morgan fingerprint density at radius 1 is 1.10 bits per heavy atom. The van der Waals surface area contributed by atoms with Crippen molar-refractivity contribution in [3.05, 3.63) is 101 Å². The molecule has 0 spiro atoms. The highest BCUT2D eigenvalue weighted by Gasteiger charge is 2.21. The van der Waals surface area contributed by atoms with Gasteiger partial charge in [-0.25, -0.2) is 5.43 Å². The lowest BCUT2D eigenvalue weighted by molar-refractivity contribution is -0.120. The number of nitrogens with one attached hydrogen (secondary N) is 2. The number of anilines is 1. The molecular formula is C30H27BrN6O3S. The maximum atomic E-state index is 12.9. The van der Waals surface area contributed by atoms with E-state index in [1.807, 2.05) is 59.2 Å². The Balaban J connectivity index is 1.32. The molecule has 5 aromatic rings. The number of methoxy groups -OCH3 is 1. The third kappa shape index (κ3) is 6.53. The first kappa shape index (κ1) is 28.2. The number of ether oxygens (including phenoxy) is 1. The van der Waals surface area contributed by atoms with E-state index in [9.17, 15) is 9.90 Å². The third-order valence-electron chi connectivity index (χ3n) is 6.26. The zero-order valence-corrected chi connectivity index (χ0v) is 24.7. The summed E-state index contributed by atoms with van der Waals surface area (Å²) in [6, 6.07) is 27.4. The van der Waals surface area contributed by atoms with Gasteiger partial charge in [-0.2, -0.15) is 5.10 Å². The number of nitrogens with zero attached hydrogens (tertiary/aromatic N) is 4. The van der Waals surface area contributed by atoms with Gasteiger partial charge in [0.25, 0.3) is 5.91 Å². The topological polar surface area (TPSA) is 114 Å². The molecule has 208 valence electrons. The van der Waals surface area contributed by atoms with Crippen LogP contribution in [0.5, 0.6) is 11.5 Å². The van der Waals surface area contributed by atoms with E-state index in [1.165, 1.54) is 25.1 Å². The van der Waals surface area contributed by atoms with Gasteiger partial charge in [-0.1, -0.05) is 82.3 Å². The summed E-state index contributed by atoms with van der Waals surface area (Å²) in [7, 11) is 1.46. The average Bonchev–Trinajstić information content (AvgIpc) is 3.39. The summed E-state index contributed by atoms with van der Waals surface area (Å²) in [5, 5.41) is 29.0. The lowest BCUT2D eigenvalue weighted by Gasteiger charge is -2.14. The molecule has 41 heavy (non-hydrogen) atoms. The number of hydrogen-bond donors (Lipinski definition) is 3. The number of carbonyl (C=O) groups excluding carboxylic acids is 1. The molecule has 1 amide bonds. The summed E-state index contributed by atoms with van der Waals surface area (Å²) in [5.41, 5.74) is 4.82. The Bertz CT molecular complexity index is 1700. The Hall–Kier alpha value is -4.35. The molecule has 0 saturated carbocycles. The van der Waals surface area contributed by atoms with Gasteiger partial charge in [0, 0.05) is 26.8 Å². The van der Waals surface area contributed by atoms with Crippen LogP contribution in [0.15, 0.2) is 99.7 Å². The van der Waals surface area contributed by atoms with E-state index in [0.29, 0.717) is 33.3 Å². The van der Waals surface area contributed by atoms with E-state index in [0.717, 1.165) is 22.1 Å². The van der Waals surface area contributed by atoms with Crippen LogP contribution in [0.1, 0.15) is 18.3 Å². The van der Waals surface area contributed by atoms with Crippen molar-refractivity contribution in [1.29, 1.82) is 0 Å². The summed E-state index contributed by atoms with van der Waals surface area (Å²) in [5.74, 6) is 0.598. The van der Waals surface area contributed by atoms with Gasteiger partial charge in [0.05, 0.1) is 25.1 Å². The zero-order chi connectivity index (χ0) is 28.8. The molecule has 5 rings (SSSR count). The second-order valence-corrected chi connectivity index (χ2v) is 11.2. The smallest absolute Gasteiger partial charge is 0.253 e. The number of aromatic hydroxyl groups is 1. The Labute approximate surface area is 249 Å². The van der Waals surface area contributed by atoms with E-state index in [2.05, 4.69) is 60.2 Å². The third-order valence-corrected chi connectivity index (χ3v) is 7.76. The number of para-hydroxylation sites is 1. The van der Waals surface area contributed by atoms with Crippen LogP contribution in [0.2, 0.25) is 0 Å². The number of phenolic OH excluding ortho intramolecular Hbond substituents is 1. The SMILES string of the molecule is COc1cc(Br)cc(C=NNC(=O)C(C)Sc2nnc(CNc3cccc4ccccc34)n2-c2ccccc2)c1O. The molecule has 0 bridgehead atoms. The van der Waals surface area contributed by atoms with E-state index in [4.69, 9.17) is 4.74 Å². The van der Waals surface area contributed by atoms with Crippen molar-refractivity contribution < 1.29 is 14.6 Å². The molecule has 4 aromatic carbocycles. The largest absolute Gasteiger partial charge is 0.504 e. The highest BCUT2D eigenvalue weighted by Crippen LogP contribution is 2.32. The predicted molar refractivity (Wildman–Crippen MR) is 166 cm³/mol. The van der Waals surface area contributed by atoms with Crippen LogP contribution in [0, 0.1) is 0 Å². The number of thioether (sulfide) groups is 1. The van der Waals surface area contributed by atoms with E-state index < -0.39 is 5.25 Å². The number of carbonyl (C=O) groups is 1. The van der Waals surface area contributed by atoms with Crippen LogP contribution < -0.4 is 15.5 Å². The monoisotopic (exact) mass is 630 g/mol. The van der Waals surface area contributed by atoms with E-state index in [1.54, 1.807) is 19.1 Å². The Morgan fingerprint density at radius 2 is 1.85 bits per heavy atom. The van der Waals surface area contributed by atoms with Gasteiger partial charge in [-0.05, 0) is 42.6 Å².